The lowest BCUT2D eigenvalue weighted by atomic mass is 10.1. The molecule has 108 valence electrons. The van der Waals surface area contributed by atoms with E-state index in [0.29, 0.717) is 16.9 Å². The first-order valence-corrected chi connectivity index (χ1v) is 6.65. The van der Waals surface area contributed by atoms with Crippen molar-refractivity contribution < 1.29 is 14.7 Å². The maximum Gasteiger partial charge on any atom is 0.259 e. The van der Waals surface area contributed by atoms with Crippen molar-refractivity contribution in [3.63, 3.8) is 0 Å². The molecule has 0 saturated carbocycles. The van der Waals surface area contributed by atoms with Gasteiger partial charge in [-0.25, -0.2) is 9.97 Å². The Morgan fingerprint density at radius 3 is 2.59 bits per heavy atom. The van der Waals surface area contributed by atoms with E-state index in [9.17, 15) is 14.7 Å². The van der Waals surface area contributed by atoms with Crippen molar-refractivity contribution >= 4 is 34.4 Å². The molecule has 3 heterocycles. The SMILES string of the molecule is O=C1NC(=O)c2cc3[nH]c(-c4c(Cl)ccnc4O)nc3cc21. The third-order valence-corrected chi connectivity index (χ3v) is 3.77. The maximum atomic E-state index is 11.7. The molecule has 0 fully saturated rings. The number of amides is 2. The smallest absolute Gasteiger partial charge is 0.259 e. The summed E-state index contributed by atoms with van der Waals surface area (Å²) in [6.45, 7) is 0. The van der Waals surface area contributed by atoms with Gasteiger partial charge in [-0.15, -0.1) is 0 Å². The van der Waals surface area contributed by atoms with E-state index in [-0.39, 0.29) is 27.6 Å². The summed E-state index contributed by atoms with van der Waals surface area (Å²) in [6, 6.07) is 4.59. The van der Waals surface area contributed by atoms with E-state index in [1.165, 1.54) is 18.3 Å². The Hall–Kier alpha value is -2.93. The van der Waals surface area contributed by atoms with Gasteiger partial charge in [-0.1, -0.05) is 11.6 Å². The monoisotopic (exact) mass is 314 g/mol. The second kappa shape index (κ2) is 4.28. The fraction of sp³-hybridized carbons (Fsp3) is 0. The summed E-state index contributed by atoms with van der Waals surface area (Å²) in [5, 5.41) is 12.4. The number of benzene rings is 1. The van der Waals surface area contributed by atoms with Crippen LogP contribution in [0.25, 0.3) is 22.4 Å². The molecular formula is C14H7ClN4O3. The van der Waals surface area contributed by atoms with E-state index in [4.69, 9.17) is 11.6 Å². The number of aromatic amines is 1. The minimum atomic E-state index is -0.450. The highest BCUT2D eigenvalue weighted by molar-refractivity contribution is 6.33. The van der Waals surface area contributed by atoms with Crippen LogP contribution in [0.15, 0.2) is 24.4 Å². The average molecular weight is 315 g/mol. The highest BCUT2D eigenvalue weighted by Crippen LogP contribution is 2.34. The number of nitrogens with zero attached hydrogens (tertiary/aromatic N) is 2. The van der Waals surface area contributed by atoms with Gasteiger partial charge in [0.05, 0.1) is 32.7 Å². The molecule has 0 spiro atoms. The van der Waals surface area contributed by atoms with Gasteiger partial charge in [0.1, 0.15) is 5.82 Å². The van der Waals surface area contributed by atoms with Gasteiger partial charge in [0, 0.05) is 6.20 Å². The van der Waals surface area contributed by atoms with Crippen molar-refractivity contribution in [1.29, 1.82) is 0 Å². The lowest BCUT2D eigenvalue weighted by molar-refractivity contribution is 0.0879. The fourth-order valence-electron chi connectivity index (χ4n) is 2.44. The number of aromatic hydroxyl groups is 1. The van der Waals surface area contributed by atoms with Gasteiger partial charge < -0.3 is 10.1 Å². The van der Waals surface area contributed by atoms with E-state index in [0.717, 1.165) is 0 Å². The first kappa shape index (κ1) is 12.8. The summed E-state index contributed by atoms with van der Waals surface area (Å²) in [7, 11) is 0. The quantitative estimate of drug-likeness (QED) is 0.594. The highest BCUT2D eigenvalue weighted by Gasteiger charge is 2.28. The van der Waals surface area contributed by atoms with Crippen LogP contribution in [0.1, 0.15) is 20.7 Å². The summed E-state index contributed by atoms with van der Waals surface area (Å²) < 4.78 is 0. The van der Waals surface area contributed by atoms with Gasteiger partial charge in [0.15, 0.2) is 0 Å². The lowest BCUT2D eigenvalue weighted by Gasteiger charge is -2.01. The molecule has 3 N–H and O–H groups in total. The topological polar surface area (TPSA) is 108 Å². The van der Waals surface area contributed by atoms with Crippen molar-refractivity contribution in [3.8, 4) is 17.3 Å². The van der Waals surface area contributed by atoms with E-state index < -0.39 is 11.8 Å². The number of rotatable bonds is 1. The van der Waals surface area contributed by atoms with Crippen LogP contribution in [0.3, 0.4) is 0 Å². The number of H-pyrrole nitrogens is 1. The van der Waals surface area contributed by atoms with Crippen LogP contribution >= 0.6 is 11.6 Å². The number of carbonyl (C=O) groups is 2. The predicted octanol–water partition coefficient (Wildman–Crippen LogP) is 1.87. The van der Waals surface area contributed by atoms with Crippen molar-refractivity contribution in [2.75, 3.05) is 0 Å². The van der Waals surface area contributed by atoms with Gasteiger partial charge in [0.25, 0.3) is 11.8 Å². The molecule has 7 nitrogen and oxygen atoms in total. The second-order valence-electron chi connectivity index (χ2n) is 4.77. The molecule has 2 amide bonds. The van der Waals surface area contributed by atoms with E-state index in [1.807, 2.05) is 0 Å². The normalized spacial score (nSPS) is 13.5. The van der Waals surface area contributed by atoms with Crippen molar-refractivity contribution in [2.45, 2.75) is 0 Å². The highest BCUT2D eigenvalue weighted by atomic mass is 35.5. The molecule has 0 bridgehead atoms. The Balaban J connectivity index is 1.96. The molecule has 22 heavy (non-hydrogen) atoms. The number of imidazole rings is 1. The first-order chi connectivity index (χ1) is 10.5. The van der Waals surface area contributed by atoms with E-state index in [1.54, 1.807) is 6.07 Å². The molecule has 0 saturated heterocycles. The summed E-state index contributed by atoms with van der Waals surface area (Å²) in [5.74, 6) is -0.843. The number of hydrogen-bond acceptors (Lipinski definition) is 5. The number of aromatic nitrogens is 3. The lowest BCUT2D eigenvalue weighted by Crippen LogP contribution is -2.19. The van der Waals surface area contributed by atoms with Gasteiger partial charge in [0.2, 0.25) is 5.88 Å². The summed E-state index contributed by atoms with van der Waals surface area (Å²) in [4.78, 5) is 34.4. The molecule has 0 atom stereocenters. The van der Waals surface area contributed by atoms with Crippen LogP contribution in [0.5, 0.6) is 5.88 Å². The van der Waals surface area contributed by atoms with Gasteiger partial charge >= 0.3 is 0 Å². The minimum Gasteiger partial charge on any atom is -0.493 e. The maximum absolute atomic E-state index is 11.7. The third kappa shape index (κ3) is 1.69. The Morgan fingerprint density at radius 1 is 1.14 bits per heavy atom. The Morgan fingerprint density at radius 2 is 1.86 bits per heavy atom. The molecule has 0 unspecified atom stereocenters. The van der Waals surface area contributed by atoms with Gasteiger partial charge in [-0.3, -0.25) is 14.9 Å². The molecule has 2 aromatic heterocycles. The zero-order valence-corrected chi connectivity index (χ0v) is 11.6. The second-order valence-corrected chi connectivity index (χ2v) is 5.18. The Labute approximate surface area is 128 Å². The first-order valence-electron chi connectivity index (χ1n) is 6.28. The zero-order chi connectivity index (χ0) is 15.4. The third-order valence-electron chi connectivity index (χ3n) is 3.45. The number of pyridine rings is 1. The van der Waals surface area contributed by atoms with Crippen molar-refractivity contribution in [2.24, 2.45) is 0 Å². The van der Waals surface area contributed by atoms with Crippen LogP contribution in [0, 0.1) is 0 Å². The molecule has 0 radical (unpaired) electrons. The number of nitrogens with one attached hydrogen (secondary N) is 2. The molecule has 1 aliphatic heterocycles. The van der Waals surface area contributed by atoms with Gasteiger partial charge in [-0.05, 0) is 18.2 Å². The molecule has 4 rings (SSSR count). The molecule has 1 aliphatic rings. The number of halogens is 1. The average Bonchev–Trinajstić information content (AvgIpc) is 2.98. The van der Waals surface area contributed by atoms with E-state index >= 15 is 0 Å². The summed E-state index contributed by atoms with van der Waals surface area (Å²) >= 11 is 6.06. The Kier molecular flexibility index (Phi) is 2.49. The summed E-state index contributed by atoms with van der Waals surface area (Å²) in [6.07, 6.45) is 1.38. The number of carbonyl (C=O) groups excluding carboxylic acids is 2. The predicted molar refractivity (Wildman–Crippen MR) is 77.8 cm³/mol. The van der Waals surface area contributed by atoms with Crippen LogP contribution in [0.4, 0.5) is 0 Å². The van der Waals surface area contributed by atoms with Crippen molar-refractivity contribution in [3.05, 3.63) is 40.5 Å². The molecule has 1 aromatic carbocycles. The standard InChI is InChI=1S/C14H7ClN4O3/c15-7-1-2-16-14(22)10(7)11-17-8-3-5-6(4-9(8)18-11)13(21)19-12(5)20/h1-4H,(H,16,22)(H,17,18)(H,19,20,21). The van der Waals surface area contributed by atoms with Crippen LogP contribution in [-0.2, 0) is 0 Å². The van der Waals surface area contributed by atoms with Crippen molar-refractivity contribution in [1.82, 2.24) is 20.3 Å². The molecule has 3 aromatic rings. The minimum absolute atomic E-state index is 0.257. The van der Waals surface area contributed by atoms with Gasteiger partial charge in [-0.2, -0.15) is 0 Å². The van der Waals surface area contributed by atoms with Crippen LogP contribution < -0.4 is 5.32 Å². The molecule has 0 aliphatic carbocycles. The van der Waals surface area contributed by atoms with Crippen LogP contribution in [0.2, 0.25) is 5.02 Å². The Bertz CT molecular complexity index is 908. The molecule has 8 heteroatoms. The zero-order valence-electron chi connectivity index (χ0n) is 10.8. The number of fused-ring (bicyclic) bond motifs is 2. The largest absolute Gasteiger partial charge is 0.493 e. The number of imide groups is 1. The number of hydrogen-bond donors (Lipinski definition) is 3. The molecular weight excluding hydrogens is 308 g/mol. The van der Waals surface area contributed by atoms with Crippen LogP contribution in [-0.4, -0.2) is 31.9 Å². The fourth-order valence-corrected chi connectivity index (χ4v) is 2.67. The van der Waals surface area contributed by atoms with E-state index in [2.05, 4.69) is 20.3 Å². The summed E-state index contributed by atoms with van der Waals surface area (Å²) in [5.41, 5.74) is 1.86.